The standard InChI is InChI=1S/C26H28N6O5/c1-2-37-25(35)22(14-18-8-7-13-27-16-18)30-23(33)17-28-24(34)19-9-6-12-21(15-19)29-26(36)32-31-20-10-4-3-5-11-20/h3-13,15-16,22,31H,2,14,17H2,1H3,(H,28,34)(H,30,33)(H2,29,32,36). The van der Waals surface area contributed by atoms with E-state index >= 15 is 0 Å². The molecule has 0 saturated heterocycles. The van der Waals surface area contributed by atoms with Crippen LogP contribution in [-0.2, 0) is 20.7 Å². The van der Waals surface area contributed by atoms with Gasteiger partial charge in [-0.3, -0.25) is 25.4 Å². The number of urea groups is 1. The number of ether oxygens (including phenoxy) is 1. The van der Waals surface area contributed by atoms with E-state index in [9.17, 15) is 19.2 Å². The highest BCUT2D eigenvalue weighted by molar-refractivity contribution is 5.99. The van der Waals surface area contributed by atoms with E-state index in [1.807, 2.05) is 18.2 Å². The molecule has 192 valence electrons. The highest BCUT2D eigenvalue weighted by atomic mass is 16.5. The number of aromatic nitrogens is 1. The number of carbonyl (C=O) groups excluding carboxylic acids is 4. The minimum Gasteiger partial charge on any atom is -0.464 e. The minimum absolute atomic E-state index is 0.166. The third-order valence-electron chi connectivity index (χ3n) is 4.96. The molecule has 1 aromatic heterocycles. The first kappa shape index (κ1) is 26.7. The molecule has 37 heavy (non-hydrogen) atoms. The molecule has 0 aliphatic carbocycles. The van der Waals surface area contributed by atoms with E-state index in [0.29, 0.717) is 11.4 Å². The van der Waals surface area contributed by atoms with Gasteiger partial charge in [0.1, 0.15) is 6.04 Å². The van der Waals surface area contributed by atoms with Crippen LogP contribution in [0, 0.1) is 0 Å². The normalized spacial score (nSPS) is 10.9. The Morgan fingerprint density at radius 2 is 1.73 bits per heavy atom. The van der Waals surface area contributed by atoms with Crippen molar-refractivity contribution in [2.75, 3.05) is 23.9 Å². The molecule has 1 atom stereocenters. The molecule has 0 fully saturated rings. The van der Waals surface area contributed by atoms with Gasteiger partial charge in [0.25, 0.3) is 5.91 Å². The Hall–Kier alpha value is -4.93. The van der Waals surface area contributed by atoms with Crippen molar-refractivity contribution >= 4 is 35.2 Å². The topological polar surface area (TPSA) is 151 Å². The smallest absolute Gasteiger partial charge is 0.337 e. The summed E-state index contributed by atoms with van der Waals surface area (Å²) in [6.45, 7) is 1.48. The molecule has 1 heterocycles. The number of pyridine rings is 1. The maximum Gasteiger partial charge on any atom is 0.337 e. The van der Waals surface area contributed by atoms with E-state index in [2.05, 4.69) is 31.8 Å². The summed E-state index contributed by atoms with van der Waals surface area (Å²) < 4.78 is 5.05. The van der Waals surface area contributed by atoms with Crippen molar-refractivity contribution in [2.24, 2.45) is 0 Å². The number of nitrogens with zero attached hydrogens (tertiary/aromatic N) is 1. The quantitative estimate of drug-likeness (QED) is 0.198. The van der Waals surface area contributed by atoms with Crippen LogP contribution in [0.25, 0.3) is 0 Å². The molecule has 3 aromatic rings. The Balaban J connectivity index is 1.51. The molecular weight excluding hydrogens is 476 g/mol. The lowest BCUT2D eigenvalue weighted by Crippen LogP contribution is -2.47. The monoisotopic (exact) mass is 504 g/mol. The summed E-state index contributed by atoms with van der Waals surface area (Å²) in [4.78, 5) is 53.5. The zero-order valence-electron chi connectivity index (χ0n) is 20.2. The summed E-state index contributed by atoms with van der Waals surface area (Å²) in [6, 6.07) is 17.4. The second-order valence-corrected chi connectivity index (χ2v) is 7.77. The van der Waals surface area contributed by atoms with E-state index in [1.54, 1.807) is 61.8 Å². The molecule has 2 aromatic carbocycles. The van der Waals surface area contributed by atoms with Gasteiger partial charge in [0.15, 0.2) is 0 Å². The van der Waals surface area contributed by atoms with E-state index in [4.69, 9.17) is 4.74 Å². The molecule has 1 unspecified atom stereocenters. The number of carbonyl (C=O) groups is 4. The molecule has 0 bridgehead atoms. The van der Waals surface area contributed by atoms with Crippen LogP contribution in [0.5, 0.6) is 0 Å². The van der Waals surface area contributed by atoms with Crippen molar-refractivity contribution in [1.29, 1.82) is 0 Å². The van der Waals surface area contributed by atoms with E-state index < -0.39 is 29.9 Å². The second kappa shape index (κ2) is 13.8. The number of rotatable bonds is 11. The van der Waals surface area contributed by atoms with Crippen LogP contribution in [-0.4, -0.2) is 48.0 Å². The largest absolute Gasteiger partial charge is 0.464 e. The van der Waals surface area contributed by atoms with Crippen LogP contribution in [0.15, 0.2) is 79.1 Å². The first-order valence-corrected chi connectivity index (χ1v) is 11.6. The van der Waals surface area contributed by atoms with Crippen molar-refractivity contribution < 1.29 is 23.9 Å². The summed E-state index contributed by atoms with van der Waals surface area (Å²) in [5, 5.41) is 7.72. The van der Waals surface area contributed by atoms with Crippen LogP contribution in [0.4, 0.5) is 16.2 Å². The predicted molar refractivity (Wildman–Crippen MR) is 137 cm³/mol. The Kier molecular flexibility index (Phi) is 9.97. The molecule has 0 aliphatic heterocycles. The summed E-state index contributed by atoms with van der Waals surface area (Å²) in [5.74, 6) is -1.66. The van der Waals surface area contributed by atoms with Gasteiger partial charge in [-0.2, -0.15) is 0 Å². The molecule has 0 radical (unpaired) electrons. The van der Waals surface area contributed by atoms with E-state index in [1.165, 1.54) is 6.07 Å². The van der Waals surface area contributed by atoms with Crippen LogP contribution in [0.2, 0.25) is 0 Å². The fourth-order valence-electron chi connectivity index (χ4n) is 3.25. The Morgan fingerprint density at radius 1 is 0.946 bits per heavy atom. The van der Waals surface area contributed by atoms with Gasteiger partial charge in [-0.15, -0.1) is 0 Å². The van der Waals surface area contributed by atoms with Crippen LogP contribution in [0.1, 0.15) is 22.8 Å². The SMILES string of the molecule is CCOC(=O)C(Cc1cccnc1)NC(=O)CNC(=O)c1cccc(NC(=O)NNc2ccccc2)c1. The minimum atomic E-state index is -0.927. The fraction of sp³-hybridized carbons (Fsp3) is 0.192. The summed E-state index contributed by atoms with van der Waals surface area (Å²) in [6.07, 6.45) is 3.40. The number of hydrogen-bond acceptors (Lipinski definition) is 7. The lowest BCUT2D eigenvalue weighted by atomic mass is 10.1. The third kappa shape index (κ3) is 8.98. The number of benzene rings is 2. The van der Waals surface area contributed by atoms with Crippen molar-refractivity contribution in [2.45, 2.75) is 19.4 Å². The number of hydrazine groups is 1. The highest BCUT2D eigenvalue weighted by Gasteiger charge is 2.23. The number of esters is 1. The molecule has 4 amide bonds. The number of amides is 4. The molecule has 11 heteroatoms. The lowest BCUT2D eigenvalue weighted by molar-refractivity contribution is -0.147. The van der Waals surface area contributed by atoms with Crippen molar-refractivity contribution in [1.82, 2.24) is 21.0 Å². The third-order valence-corrected chi connectivity index (χ3v) is 4.96. The van der Waals surface area contributed by atoms with Crippen LogP contribution >= 0.6 is 0 Å². The van der Waals surface area contributed by atoms with Gasteiger partial charge in [0, 0.05) is 30.1 Å². The lowest BCUT2D eigenvalue weighted by Gasteiger charge is -2.17. The van der Waals surface area contributed by atoms with Gasteiger partial charge < -0.3 is 20.7 Å². The summed E-state index contributed by atoms with van der Waals surface area (Å²) >= 11 is 0. The molecule has 0 saturated carbocycles. The van der Waals surface area contributed by atoms with Crippen LogP contribution in [0.3, 0.4) is 0 Å². The molecule has 5 N–H and O–H groups in total. The zero-order chi connectivity index (χ0) is 26.5. The van der Waals surface area contributed by atoms with Gasteiger partial charge in [-0.05, 0) is 48.9 Å². The fourth-order valence-corrected chi connectivity index (χ4v) is 3.25. The number of para-hydroxylation sites is 1. The molecule has 0 spiro atoms. The van der Waals surface area contributed by atoms with Gasteiger partial charge in [0.05, 0.1) is 18.8 Å². The number of hydrogen-bond donors (Lipinski definition) is 5. The summed E-state index contributed by atoms with van der Waals surface area (Å²) in [7, 11) is 0. The Labute approximate surface area is 214 Å². The van der Waals surface area contributed by atoms with Crippen LogP contribution < -0.4 is 26.8 Å². The molecule has 0 aliphatic rings. The highest BCUT2D eigenvalue weighted by Crippen LogP contribution is 2.11. The van der Waals surface area contributed by atoms with Gasteiger partial charge in [-0.25, -0.2) is 9.59 Å². The molecule has 11 nitrogen and oxygen atoms in total. The van der Waals surface area contributed by atoms with E-state index in [0.717, 1.165) is 5.56 Å². The Bertz CT molecular complexity index is 1210. The average molecular weight is 505 g/mol. The first-order chi connectivity index (χ1) is 17.9. The predicted octanol–water partition coefficient (Wildman–Crippen LogP) is 2.25. The maximum absolute atomic E-state index is 12.6. The molecular formula is C26H28N6O5. The average Bonchev–Trinajstić information content (AvgIpc) is 2.91. The number of anilines is 2. The van der Waals surface area contributed by atoms with E-state index in [-0.39, 0.29) is 25.1 Å². The second-order valence-electron chi connectivity index (χ2n) is 7.77. The van der Waals surface area contributed by atoms with Crippen molar-refractivity contribution in [3.05, 3.63) is 90.3 Å². The number of nitrogens with one attached hydrogen (secondary N) is 5. The van der Waals surface area contributed by atoms with Gasteiger partial charge in [-0.1, -0.05) is 30.3 Å². The molecule has 3 rings (SSSR count). The first-order valence-electron chi connectivity index (χ1n) is 11.6. The van der Waals surface area contributed by atoms with Gasteiger partial charge >= 0.3 is 12.0 Å². The Morgan fingerprint density at radius 3 is 2.46 bits per heavy atom. The van der Waals surface area contributed by atoms with Gasteiger partial charge in [0.2, 0.25) is 5.91 Å². The maximum atomic E-state index is 12.6. The zero-order valence-corrected chi connectivity index (χ0v) is 20.2. The van der Waals surface area contributed by atoms with Crippen molar-refractivity contribution in [3.63, 3.8) is 0 Å². The van der Waals surface area contributed by atoms with Crippen molar-refractivity contribution in [3.8, 4) is 0 Å². The summed E-state index contributed by atoms with van der Waals surface area (Å²) in [5.41, 5.74) is 7.32.